The molecule has 0 spiro atoms. The van der Waals surface area contributed by atoms with Crippen molar-refractivity contribution < 1.29 is 4.79 Å². The molecule has 1 fully saturated rings. The van der Waals surface area contributed by atoms with Gasteiger partial charge in [-0.05, 0) is 30.7 Å². The summed E-state index contributed by atoms with van der Waals surface area (Å²) in [4.78, 5) is 28.1. The molecule has 168 valence electrons. The van der Waals surface area contributed by atoms with Gasteiger partial charge in [-0.2, -0.15) is 5.10 Å². The summed E-state index contributed by atoms with van der Waals surface area (Å²) in [5.74, 6) is 0.587. The van der Waals surface area contributed by atoms with Gasteiger partial charge in [0.15, 0.2) is 0 Å². The first-order valence-corrected chi connectivity index (χ1v) is 11.1. The van der Waals surface area contributed by atoms with Crippen LogP contribution in [0.15, 0.2) is 66.8 Å². The van der Waals surface area contributed by atoms with Crippen LogP contribution in [0.5, 0.6) is 0 Å². The van der Waals surface area contributed by atoms with E-state index >= 15 is 0 Å². The molecule has 0 saturated carbocycles. The van der Waals surface area contributed by atoms with E-state index in [4.69, 9.17) is 4.98 Å². The molecule has 0 radical (unpaired) electrons. The lowest BCUT2D eigenvalue weighted by molar-refractivity contribution is -0.127. The zero-order chi connectivity index (χ0) is 22.6. The van der Waals surface area contributed by atoms with Gasteiger partial charge in [-0.15, -0.1) is 0 Å². The highest BCUT2D eigenvalue weighted by Crippen LogP contribution is 2.29. The zero-order valence-electron chi connectivity index (χ0n) is 18.5. The molecule has 1 aliphatic heterocycles. The van der Waals surface area contributed by atoms with Crippen molar-refractivity contribution in [3.8, 4) is 22.5 Å². The maximum atomic E-state index is 12.9. The fourth-order valence-corrected chi connectivity index (χ4v) is 4.11. The average Bonchev–Trinajstić information content (AvgIpc) is 3.27. The van der Waals surface area contributed by atoms with Crippen LogP contribution in [0.4, 0.5) is 5.95 Å². The molecule has 9 nitrogen and oxygen atoms in total. The quantitative estimate of drug-likeness (QED) is 0.624. The van der Waals surface area contributed by atoms with Gasteiger partial charge in [0.25, 0.3) is 5.91 Å². The smallest absolute Gasteiger partial charge is 0.253 e. The number of piperazine rings is 1. The minimum Gasteiger partial charge on any atom is -0.348 e. The Morgan fingerprint density at radius 3 is 2.91 bits per heavy atom. The molecule has 4 heterocycles. The maximum Gasteiger partial charge on any atom is 0.253 e. The first kappa shape index (κ1) is 21.0. The number of hydrogen-bond donors (Lipinski definition) is 2. The third-order valence-corrected chi connectivity index (χ3v) is 5.73. The van der Waals surface area contributed by atoms with Crippen molar-refractivity contribution >= 4 is 11.9 Å². The van der Waals surface area contributed by atoms with Crippen molar-refractivity contribution in [3.63, 3.8) is 0 Å². The molecule has 1 aliphatic carbocycles. The summed E-state index contributed by atoms with van der Waals surface area (Å²) in [6.45, 7) is 3.14. The molecule has 0 aromatic carbocycles. The van der Waals surface area contributed by atoms with Gasteiger partial charge < -0.3 is 15.5 Å². The minimum absolute atomic E-state index is 0.0567. The molecule has 5 rings (SSSR count). The summed E-state index contributed by atoms with van der Waals surface area (Å²) in [6, 6.07) is 5.69. The number of hydrogen-bond acceptors (Lipinski definition) is 7. The summed E-state index contributed by atoms with van der Waals surface area (Å²) in [5.41, 5.74) is 4.14. The van der Waals surface area contributed by atoms with E-state index in [9.17, 15) is 4.79 Å². The van der Waals surface area contributed by atoms with E-state index < -0.39 is 0 Å². The highest BCUT2D eigenvalue weighted by atomic mass is 16.2. The molecule has 1 amide bonds. The summed E-state index contributed by atoms with van der Waals surface area (Å²) in [7, 11) is 1.89. The zero-order valence-corrected chi connectivity index (χ0v) is 18.5. The van der Waals surface area contributed by atoms with E-state index in [0.29, 0.717) is 11.5 Å². The molecular weight excluding hydrogens is 416 g/mol. The molecule has 0 bridgehead atoms. The highest BCUT2D eigenvalue weighted by Gasteiger charge is 2.22. The number of nitrogens with zero attached hydrogens (tertiary/aromatic N) is 6. The summed E-state index contributed by atoms with van der Waals surface area (Å²) in [6.07, 6.45) is 13.9. The Morgan fingerprint density at radius 2 is 2.09 bits per heavy atom. The summed E-state index contributed by atoms with van der Waals surface area (Å²) in [5, 5.41) is 11.3. The fourth-order valence-electron chi connectivity index (χ4n) is 4.11. The lowest BCUT2D eigenvalue weighted by Crippen LogP contribution is -2.47. The van der Waals surface area contributed by atoms with Crippen molar-refractivity contribution in [2.75, 3.05) is 31.5 Å². The van der Waals surface area contributed by atoms with E-state index in [0.717, 1.165) is 55.1 Å². The number of aromatic nitrogens is 5. The van der Waals surface area contributed by atoms with Crippen LogP contribution in [0, 0.1) is 0 Å². The van der Waals surface area contributed by atoms with E-state index in [1.54, 1.807) is 23.3 Å². The van der Waals surface area contributed by atoms with Crippen molar-refractivity contribution in [3.05, 3.63) is 66.8 Å². The second kappa shape index (κ2) is 9.33. The standard InChI is InChI=1S/C24H26N8O/c1-31-16-20(22(30-31)18-5-3-8-26-15-18)21-7-9-27-24(29-21)28-19-6-2-4-17(14-19)23(33)32-12-10-25-11-13-32/h2-5,7-9,14-16,19,25H,6,10-13H2,1H3,(H,27,28,29). The molecule has 9 heteroatoms. The Kier molecular flexibility index (Phi) is 5.95. The molecule has 3 aromatic heterocycles. The fraction of sp³-hybridized carbons (Fsp3) is 0.292. The largest absolute Gasteiger partial charge is 0.348 e. The van der Waals surface area contributed by atoms with Gasteiger partial charge in [0, 0.05) is 74.7 Å². The Labute approximate surface area is 192 Å². The number of carbonyl (C=O) groups is 1. The van der Waals surface area contributed by atoms with Crippen LogP contribution in [0.2, 0.25) is 0 Å². The van der Waals surface area contributed by atoms with Crippen molar-refractivity contribution in [1.82, 2.24) is 34.9 Å². The first-order chi connectivity index (χ1) is 16.2. The summed E-state index contributed by atoms with van der Waals surface area (Å²) >= 11 is 0. The minimum atomic E-state index is -0.0567. The van der Waals surface area contributed by atoms with Crippen LogP contribution in [0.3, 0.4) is 0 Å². The topological polar surface area (TPSA) is 101 Å². The molecule has 1 saturated heterocycles. The lowest BCUT2D eigenvalue weighted by atomic mass is 10.0. The van der Waals surface area contributed by atoms with E-state index in [1.165, 1.54) is 0 Å². The molecule has 3 aromatic rings. The van der Waals surface area contributed by atoms with Crippen LogP contribution in [-0.4, -0.2) is 67.8 Å². The Morgan fingerprint density at radius 1 is 1.21 bits per heavy atom. The predicted octanol–water partition coefficient (Wildman–Crippen LogP) is 2.04. The lowest BCUT2D eigenvalue weighted by Gasteiger charge is -2.29. The van der Waals surface area contributed by atoms with Crippen LogP contribution in [0.25, 0.3) is 22.5 Å². The number of rotatable bonds is 5. The third kappa shape index (κ3) is 4.68. The Balaban J connectivity index is 1.36. The monoisotopic (exact) mass is 442 g/mol. The van der Waals surface area contributed by atoms with Crippen LogP contribution in [0.1, 0.15) is 6.42 Å². The molecule has 2 aliphatic rings. The molecule has 1 atom stereocenters. The van der Waals surface area contributed by atoms with Gasteiger partial charge in [0.2, 0.25) is 5.95 Å². The van der Waals surface area contributed by atoms with Gasteiger partial charge in [0.1, 0.15) is 5.69 Å². The normalized spacial score (nSPS) is 18.2. The number of anilines is 1. The van der Waals surface area contributed by atoms with Gasteiger partial charge >= 0.3 is 0 Å². The van der Waals surface area contributed by atoms with Crippen LogP contribution >= 0.6 is 0 Å². The number of amides is 1. The molecular formula is C24H26N8O. The average molecular weight is 443 g/mol. The Bertz CT molecular complexity index is 1190. The first-order valence-electron chi connectivity index (χ1n) is 11.1. The van der Waals surface area contributed by atoms with Crippen molar-refractivity contribution in [2.24, 2.45) is 7.05 Å². The third-order valence-electron chi connectivity index (χ3n) is 5.73. The number of pyridine rings is 1. The van der Waals surface area contributed by atoms with Gasteiger partial charge in [-0.3, -0.25) is 14.5 Å². The maximum absolute atomic E-state index is 12.9. The van der Waals surface area contributed by atoms with Gasteiger partial charge in [-0.25, -0.2) is 9.97 Å². The second-order valence-corrected chi connectivity index (χ2v) is 8.13. The van der Waals surface area contributed by atoms with E-state index in [2.05, 4.69) is 25.7 Å². The number of carbonyl (C=O) groups excluding carboxylic acids is 1. The number of nitrogens with one attached hydrogen (secondary N) is 2. The van der Waals surface area contributed by atoms with E-state index in [-0.39, 0.29) is 11.9 Å². The molecule has 1 unspecified atom stereocenters. The van der Waals surface area contributed by atoms with Gasteiger partial charge in [0.05, 0.1) is 11.7 Å². The van der Waals surface area contributed by atoms with E-state index in [1.807, 2.05) is 54.6 Å². The van der Waals surface area contributed by atoms with Gasteiger partial charge in [-0.1, -0.05) is 12.2 Å². The molecule has 33 heavy (non-hydrogen) atoms. The predicted molar refractivity (Wildman–Crippen MR) is 126 cm³/mol. The SMILES string of the molecule is Cn1cc(-c2ccnc(NC3C=C(C(=O)N4CCNCC4)C=CC3)n2)c(-c2cccnc2)n1. The van der Waals surface area contributed by atoms with Crippen molar-refractivity contribution in [2.45, 2.75) is 12.5 Å². The summed E-state index contributed by atoms with van der Waals surface area (Å²) < 4.78 is 1.77. The Hall–Kier alpha value is -3.85. The number of aryl methyl sites for hydroxylation is 1. The van der Waals surface area contributed by atoms with Crippen LogP contribution in [-0.2, 0) is 11.8 Å². The van der Waals surface area contributed by atoms with Crippen LogP contribution < -0.4 is 10.6 Å². The highest BCUT2D eigenvalue weighted by molar-refractivity contribution is 5.96. The molecule has 2 N–H and O–H groups in total. The van der Waals surface area contributed by atoms with Crippen molar-refractivity contribution in [1.29, 1.82) is 0 Å². The second-order valence-electron chi connectivity index (χ2n) is 8.13.